The van der Waals surface area contributed by atoms with Gasteiger partial charge in [-0.25, -0.2) is 0 Å². The van der Waals surface area contributed by atoms with Crippen molar-refractivity contribution < 1.29 is 4.42 Å². The molecule has 2 unspecified atom stereocenters. The van der Waals surface area contributed by atoms with Crippen LogP contribution in [0.5, 0.6) is 0 Å². The first-order valence-electron chi connectivity index (χ1n) is 7.75. The standard InChI is InChI=1S/C17H25NO/c1-15-5-14-6-16(2,10-15)12-17(7-14,11-15)18-8-13-3-4-19-9-13/h3-4,9,14,18H,5-8,10-12H2,1-2H3. The van der Waals surface area contributed by atoms with Crippen molar-refractivity contribution in [3.63, 3.8) is 0 Å². The molecular formula is C17H25NO. The van der Waals surface area contributed by atoms with E-state index in [0.29, 0.717) is 16.4 Å². The van der Waals surface area contributed by atoms with Crippen molar-refractivity contribution in [3.05, 3.63) is 24.2 Å². The lowest BCUT2D eigenvalue weighted by atomic mass is 9.43. The van der Waals surface area contributed by atoms with Gasteiger partial charge in [-0.15, -0.1) is 0 Å². The Kier molecular flexibility index (Phi) is 2.32. The topological polar surface area (TPSA) is 25.2 Å². The second kappa shape index (κ2) is 3.66. The van der Waals surface area contributed by atoms with Gasteiger partial charge < -0.3 is 9.73 Å². The van der Waals surface area contributed by atoms with E-state index in [-0.39, 0.29) is 0 Å². The molecule has 2 nitrogen and oxygen atoms in total. The van der Waals surface area contributed by atoms with E-state index >= 15 is 0 Å². The molecule has 0 spiro atoms. The summed E-state index contributed by atoms with van der Waals surface area (Å²) in [4.78, 5) is 0. The SMILES string of the molecule is CC12CC3CC(C)(C1)CC(NCc1ccoc1)(C3)C2. The number of rotatable bonds is 3. The summed E-state index contributed by atoms with van der Waals surface area (Å²) in [6.07, 6.45) is 12.2. The summed E-state index contributed by atoms with van der Waals surface area (Å²) in [7, 11) is 0. The van der Waals surface area contributed by atoms with Crippen LogP contribution in [-0.2, 0) is 6.54 Å². The zero-order valence-electron chi connectivity index (χ0n) is 12.2. The van der Waals surface area contributed by atoms with Crippen molar-refractivity contribution in [2.45, 2.75) is 64.5 Å². The Balaban J connectivity index is 1.57. The fraction of sp³-hybridized carbons (Fsp3) is 0.765. The van der Waals surface area contributed by atoms with Crippen LogP contribution in [0, 0.1) is 16.7 Å². The Labute approximate surface area is 116 Å². The maximum absolute atomic E-state index is 5.19. The summed E-state index contributed by atoms with van der Waals surface area (Å²) >= 11 is 0. The third-order valence-electron chi connectivity index (χ3n) is 5.87. The fourth-order valence-electron chi connectivity index (χ4n) is 6.33. The first-order chi connectivity index (χ1) is 8.99. The Morgan fingerprint density at radius 3 is 2.47 bits per heavy atom. The Bertz CT molecular complexity index is 459. The summed E-state index contributed by atoms with van der Waals surface area (Å²) in [5.41, 5.74) is 2.88. The van der Waals surface area contributed by atoms with Crippen molar-refractivity contribution in [1.82, 2.24) is 5.32 Å². The maximum Gasteiger partial charge on any atom is 0.0947 e. The van der Waals surface area contributed by atoms with Crippen molar-refractivity contribution in [1.29, 1.82) is 0 Å². The largest absolute Gasteiger partial charge is 0.472 e. The van der Waals surface area contributed by atoms with Crippen LogP contribution >= 0.6 is 0 Å². The quantitative estimate of drug-likeness (QED) is 0.883. The normalized spacial score (nSPS) is 47.8. The third-order valence-corrected chi connectivity index (χ3v) is 5.87. The smallest absolute Gasteiger partial charge is 0.0947 e. The predicted molar refractivity (Wildman–Crippen MR) is 75.7 cm³/mol. The van der Waals surface area contributed by atoms with Gasteiger partial charge >= 0.3 is 0 Å². The monoisotopic (exact) mass is 259 g/mol. The molecule has 1 heterocycles. The summed E-state index contributed by atoms with van der Waals surface area (Å²) < 4.78 is 5.19. The second-order valence-electron chi connectivity index (χ2n) is 8.40. The van der Waals surface area contributed by atoms with E-state index in [9.17, 15) is 0 Å². The minimum Gasteiger partial charge on any atom is -0.472 e. The molecule has 4 saturated carbocycles. The van der Waals surface area contributed by atoms with Crippen LogP contribution in [0.15, 0.2) is 23.0 Å². The third kappa shape index (κ3) is 1.96. The number of nitrogens with one attached hydrogen (secondary N) is 1. The molecule has 19 heavy (non-hydrogen) atoms. The molecule has 2 heteroatoms. The van der Waals surface area contributed by atoms with Crippen molar-refractivity contribution >= 4 is 0 Å². The van der Waals surface area contributed by atoms with E-state index in [1.165, 1.54) is 44.1 Å². The van der Waals surface area contributed by atoms with Crippen LogP contribution in [0.2, 0.25) is 0 Å². The van der Waals surface area contributed by atoms with E-state index in [1.807, 2.05) is 6.26 Å². The highest BCUT2D eigenvalue weighted by Gasteiger charge is 2.59. The van der Waals surface area contributed by atoms with Gasteiger partial charge in [0.2, 0.25) is 0 Å². The minimum absolute atomic E-state index is 0.403. The van der Waals surface area contributed by atoms with Gasteiger partial charge in [0, 0.05) is 17.6 Å². The highest BCUT2D eigenvalue weighted by Crippen LogP contribution is 2.66. The lowest BCUT2D eigenvalue weighted by Gasteiger charge is -2.65. The lowest BCUT2D eigenvalue weighted by molar-refractivity contribution is -0.118. The molecule has 1 aromatic rings. The van der Waals surface area contributed by atoms with Crippen LogP contribution in [0.3, 0.4) is 0 Å². The maximum atomic E-state index is 5.19. The zero-order chi connectivity index (χ0) is 13.1. The molecule has 4 fully saturated rings. The highest BCUT2D eigenvalue weighted by atomic mass is 16.3. The van der Waals surface area contributed by atoms with Crippen molar-refractivity contribution in [2.24, 2.45) is 16.7 Å². The second-order valence-corrected chi connectivity index (χ2v) is 8.40. The first kappa shape index (κ1) is 12.0. The van der Waals surface area contributed by atoms with Gasteiger partial charge in [-0.05, 0) is 61.3 Å². The van der Waals surface area contributed by atoms with Gasteiger partial charge in [0.05, 0.1) is 12.5 Å². The van der Waals surface area contributed by atoms with Gasteiger partial charge in [0.25, 0.3) is 0 Å². The van der Waals surface area contributed by atoms with E-state index in [1.54, 1.807) is 6.26 Å². The summed E-state index contributed by atoms with van der Waals surface area (Å²) in [5.74, 6) is 0.961. The molecular weight excluding hydrogens is 234 g/mol. The zero-order valence-corrected chi connectivity index (χ0v) is 12.2. The first-order valence-corrected chi connectivity index (χ1v) is 7.75. The number of hydrogen-bond donors (Lipinski definition) is 1. The van der Waals surface area contributed by atoms with E-state index in [0.717, 1.165) is 12.5 Å². The Morgan fingerprint density at radius 1 is 1.16 bits per heavy atom. The highest BCUT2D eigenvalue weighted by molar-refractivity contribution is 5.15. The average Bonchev–Trinajstić information content (AvgIpc) is 2.73. The summed E-state index contributed by atoms with van der Waals surface area (Å²) in [5, 5.41) is 3.92. The predicted octanol–water partition coefficient (Wildman–Crippen LogP) is 4.12. The van der Waals surface area contributed by atoms with Crippen LogP contribution < -0.4 is 5.32 Å². The van der Waals surface area contributed by atoms with Crippen LogP contribution in [0.1, 0.15) is 57.9 Å². The fourth-order valence-corrected chi connectivity index (χ4v) is 6.33. The van der Waals surface area contributed by atoms with Gasteiger partial charge in [0.1, 0.15) is 0 Å². The molecule has 4 bridgehead atoms. The summed E-state index contributed by atoms with van der Waals surface area (Å²) in [6, 6.07) is 2.08. The molecule has 0 saturated heterocycles. The minimum atomic E-state index is 0.403. The lowest BCUT2D eigenvalue weighted by Crippen LogP contribution is -2.63. The number of furan rings is 1. The van der Waals surface area contributed by atoms with E-state index < -0.39 is 0 Å². The molecule has 0 radical (unpaired) electrons. The number of hydrogen-bond acceptors (Lipinski definition) is 2. The van der Waals surface area contributed by atoms with E-state index in [4.69, 9.17) is 4.42 Å². The molecule has 1 N–H and O–H groups in total. The Morgan fingerprint density at radius 2 is 1.89 bits per heavy atom. The van der Waals surface area contributed by atoms with Crippen molar-refractivity contribution in [3.8, 4) is 0 Å². The van der Waals surface area contributed by atoms with Gasteiger partial charge in [-0.2, -0.15) is 0 Å². The Hall–Kier alpha value is -0.760. The van der Waals surface area contributed by atoms with Crippen LogP contribution in [0.25, 0.3) is 0 Å². The summed E-state index contributed by atoms with van der Waals surface area (Å²) in [6.45, 7) is 6.03. The van der Waals surface area contributed by atoms with Gasteiger partial charge in [-0.3, -0.25) is 0 Å². The van der Waals surface area contributed by atoms with Crippen LogP contribution in [-0.4, -0.2) is 5.54 Å². The van der Waals surface area contributed by atoms with Crippen LogP contribution in [0.4, 0.5) is 0 Å². The van der Waals surface area contributed by atoms with E-state index in [2.05, 4.69) is 25.2 Å². The van der Waals surface area contributed by atoms with Crippen molar-refractivity contribution in [2.75, 3.05) is 0 Å². The molecule has 0 amide bonds. The molecule has 104 valence electrons. The van der Waals surface area contributed by atoms with Gasteiger partial charge in [0.15, 0.2) is 0 Å². The molecule has 1 aromatic heterocycles. The molecule has 5 rings (SSSR count). The van der Waals surface area contributed by atoms with Gasteiger partial charge in [-0.1, -0.05) is 13.8 Å². The molecule has 4 aliphatic carbocycles. The molecule has 0 aromatic carbocycles. The average molecular weight is 259 g/mol. The molecule has 4 aliphatic rings. The molecule has 0 aliphatic heterocycles. The molecule has 2 atom stereocenters.